The molecule has 2 rings (SSSR count). The van der Waals surface area contributed by atoms with Gasteiger partial charge in [-0.15, -0.1) is 11.3 Å². The molecule has 0 saturated heterocycles. The van der Waals surface area contributed by atoms with Crippen molar-refractivity contribution in [2.75, 3.05) is 17.7 Å². The molecule has 0 radical (unpaired) electrons. The molecule has 0 aliphatic rings. The maximum atomic E-state index is 11.9. The molecule has 0 aliphatic carbocycles. The topological polar surface area (TPSA) is 111 Å². The first kappa shape index (κ1) is 18.9. The molecule has 0 atom stereocenters. The highest BCUT2D eigenvalue weighted by Gasteiger charge is 2.19. The van der Waals surface area contributed by atoms with E-state index >= 15 is 0 Å². The fraction of sp³-hybridized carbons (Fsp3) is 0.333. The van der Waals surface area contributed by atoms with E-state index in [0.29, 0.717) is 22.8 Å². The van der Waals surface area contributed by atoms with E-state index in [-0.39, 0.29) is 10.8 Å². The van der Waals surface area contributed by atoms with E-state index < -0.39 is 11.9 Å². The molecule has 2 aromatic heterocycles. The smallest absolute Gasteiger partial charge is 0.340 e. The molecule has 0 unspecified atom stereocenters. The highest BCUT2D eigenvalue weighted by atomic mass is 32.1. The van der Waals surface area contributed by atoms with Gasteiger partial charge in [0.05, 0.1) is 24.6 Å². The van der Waals surface area contributed by atoms with Crippen molar-refractivity contribution in [1.29, 1.82) is 0 Å². The van der Waals surface area contributed by atoms with Crippen LogP contribution in [0.5, 0.6) is 0 Å². The number of aryl methyl sites for hydroxylation is 2. The summed E-state index contributed by atoms with van der Waals surface area (Å²) in [6.45, 7) is 4.34. The molecule has 4 N–H and O–H groups in total. The van der Waals surface area contributed by atoms with Crippen molar-refractivity contribution in [1.82, 2.24) is 9.78 Å². The molecule has 134 valence electrons. The molecule has 0 spiro atoms. The van der Waals surface area contributed by atoms with Crippen LogP contribution in [0.3, 0.4) is 0 Å². The van der Waals surface area contributed by atoms with Crippen molar-refractivity contribution in [3.05, 3.63) is 28.4 Å². The Bertz CT molecular complexity index is 812. The van der Waals surface area contributed by atoms with Gasteiger partial charge in [0.1, 0.15) is 10.7 Å². The summed E-state index contributed by atoms with van der Waals surface area (Å²) >= 11 is 6.69. The number of methoxy groups -OCH3 is 1. The van der Waals surface area contributed by atoms with Gasteiger partial charge in [-0.1, -0.05) is 6.92 Å². The van der Waals surface area contributed by atoms with Gasteiger partial charge in [-0.2, -0.15) is 5.10 Å². The molecule has 25 heavy (non-hydrogen) atoms. The van der Waals surface area contributed by atoms with Gasteiger partial charge in [0.2, 0.25) is 0 Å². The predicted molar refractivity (Wildman–Crippen MR) is 101 cm³/mol. The van der Waals surface area contributed by atoms with Crippen LogP contribution >= 0.6 is 23.6 Å². The molecule has 8 nitrogen and oxygen atoms in total. The number of nitrogens with one attached hydrogen (secondary N) is 2. The maximum absolute atomic E-state index is 11.9. The van der Waals surface area contributed by atoms with Crippen molar-refractivity contribution >= 4 is 51.2 Å². The fourth-order valence-electron chi connectivity index (χ4n) is 2.20. The lowest BCUT2D eigenvalue weighted by molar-refractivity contribution is 0.0602. The average Bonchev–Trinajstić information content (AvgIpc) is 3.17. The second kappa shape index (κ2) is 8.08. The summed E-state index contributed by atoms with van der Waals surface area (Å²) in [7, 11) is 1.32. The number of amides is 1. The summed E-state index contributed by atoms with van der Waals surface area (Å²) in [5.41, 5.74) is 6.45. The molecule has 2 aromatic rings. The lowest BCUT2D eigenvalue weighted by Gasteiger charge is -2.10. The first-order valence-corrected chi connectivity index (χ1v) is 8.78. The van der Waals surface area contributed by atoms with E-state index in [1.54, 1.807) is 6.07 Å². The van der Waals surface area contributed by atoms with Crippen LogP contribution < -0.4 is 16.4 Å². The van der Waals surface area contributed by atoms with Crippen LogP contribution in [0.4, 0.5) is 10.7 Å². The van der Waals surface area contributed by atoms with E-state index in [1.807, 2.05) is 13.8 Å². The van der Waals surface area contributed by atoms with Crippen LogP contribution in [-0.2, 0) is 17.7 Å². The van der Waals surface area contributed by atoms with Gasteiger partial charge < -0.3 is 21.1 Å². The number of aromatic nitrogens is 2. The Balaban J connectivity index is 2.21. The van der Waals surface area contributed by atoms with Gasteiger partial charge in [-0.25, -0.2) is 4.79 Å². The van der Waals surface area contributed by atoms with Gasteiger partial charge in [0.25, 0.3) is 5.91 Å². The second-order valence-corrected chi connectivity index (χ2v) is 6.51. The summed E-state index contributed by atoms with van der Waals surface area (Å²) in [4.78, 5) is 24.5. The van der Waals surface area contributed by atoms with Gasteiger partial charge in [0.15, 0.2) is 5.11 Å². The number of carbonyl (C=O) groups excluding carboxylic acids is 2. The standard InChI is InChI=1S/C15H19N5O3S2/c1-4-8-6-9(14(22)23-3)13(25-8)19-15(24)18-10-7-17-20(5-2)11(10)12(16)21/h6-7H,4-5H2,1-3H3,(H2,16,21)(H2,18,19,24). The van der Waals surface area contributed by atoms with E-state index in [4.69, 9.17) is 22.7 Å². The molecular formula is C15H19N5O3S2. The van der Waals surface area contributed by atoms with Crippen molar-refractivity contribution in [3.63, 3.8) is 0 Å². The van der Waals surface area contributed by atoms with Crippen molar-refractivity contribution in [3.8, 4) is 0 Å². The largest absolute Gasteiger partial charge is 0.465 e. The van der Waals surface area contributed by atoms with E-state index in [1.165, 1.54) is 29.3 Å². The number of ether oxygens (including phenoxy) is 1. The number of carbonyl (C=O) groups is 2. The number of esters is 1. The first-order valence-electron chi connectivity index (χ1n) is 7.55. The van der Waals surface area contributed by atoms with Gasteiger partial charge in [-0.3, -0.25) is 9.48 Å². The minimum atomic E-state index is -0.607. The Hall–Kier alpha value is -2.46. The molecule has 0 saturated carbocycles. The van der Waals surface area contributed by atoms with Crippen molar-refractivity contribution < 1.29 is 14.3 Å². The zero-order valence-corrected chi connectivity index (χ0v) is 15.7. The number of thiocarbonyl (C=S) groups is 1. The molecule has 2 heterocycles. The van der Waals surface area contributed by atoms with Crippen LogP contribution in [0, 0.1) is 0 Å². The third kappa shape index (κ3) is 4.15. The Morgan fingerprint density at radius 3 is 2.68 bits per heavy atom. The minimum Gasteiger partial charge on any atom is -0.465 e. The third-order valence-electron chi connectivity index (χ3n) is 3.38. The molecule has 0 aliphatic heterocycles. The maximum Gasteiger partial charge on any atom is 0.340 e. The number of thiophene rings is 1. The zero-order chi connectivity index (χ0) is 18.6. The van der Waals surface area contributed by atoms with Crippen LogP contribution in [0.2, 0.25) is 0 Å². The van der Waals surface area contributed by atoms with Crippen LogP contribution in [0.15, 0.2) is 12.3 Å². The number of nitrogens with zero attached hydrogens (tertiary/aromatic N) is 2. The van der Waals surface area contributed by atoms with E-state index in [0.717, 1.165) is 11.3 Å². The van der Waals surface area contributed by atoms with Gasteiger partial charge >= 0.3 is 5.97 Å². The number of anilines is 2. The number of nitrogens with two attached hydrogens (primary N) is 1. The first-order chi connectivity index (χ1) is 11.9. The van der Waals surface area contributed by atoms with Crippen LogP contribution in [0.25, 0.3) is 0 Å². The fourth-order valence-corrected chi connectivity index (χ4v) is 3.47. The number of rotatable bonds is 6. The van der Waals surface area contributed by atoms with Crippen LogP contribution in [-0.4, -0.2) is 33.9 Å². The van der Waals surface area contributed by atoms with E-state index in [9.17, 15) is 9.59 Å². The molecule has 0 bridgehead atoms. The van der Waals surface area contributed by atoms with Gasteiger partial charge in [0, 0.05) is 11.4 Å². The lowest BCUT2D eigenvalue weighted by Crippen LogP contribution is -2.23. The Morgan fingerprint density at radius 2 is 2.12 bits per heavy atom. The summed E-state index contributed by atoms with van der Waals surface area (Å²) in [6, 6.07) is 1.77. The SMILES string of the molecule is CCc1cc(C(=O)OC)c(NC(=S)Nc2cnn(CC)c2C(N)=O)s1. The molecule has 0 aromatic carbocycles. The number of hydrogen-bond donors (Lipinski definition) is 3. The predicted octanol–water partition coefficient (Wildman–Crippen LogP) is 2.22. The summed E-state index contributed by atoms with van der Waals surface area (Å²) in [5, 5.41) is 10.7. The van der Waals surface area contributed by atoms with Crippen molar-refractivity contribution in [2.24, 2.45) is 5.73 Å². The van der Waals surface area contributed by atoms with Crippen molar-refractivity contribution in [2.45, 2.75) is 26.8 Å². The number of hydrogen-bond acceptors (Lipinski definition) is 6. The normalized spacial score (nSPS) is 10.4. The monoisotopic (exact) mass is 381 g/mol. The zero-order valence-electron chi connectivity index (χ0n) is 14.1. The lowest BCUT2D eigenvalue weighted by atomic mass is 10.2. The Kier molecular flexibility index (Phi) is 6.10. The highest BCUT2D eigenvalue weighted by molar-refractivity contribution is 7.80. The minimum absolute atomic E-state index is 0.216. The third-order valence-corrected chi connectivity index (χ3v) is 4.78. The quantitative estimate of drug-likeness (QED) is 0.520. The summed E-state index contributed by atoms with van der Waals surface area (Å²) < 4.78 is 6.27. The summed E-state index contributed by atoms with van der Waals surface area (Å²) in [6.07, 6.45) is 2.26. The Morgan fingerprint density at radius 1 is 1.40 bits per heavy atom. The van der Waals surface area contributed by atoms with E-state index in [2.05, 4.69) is 15.7 Å². The van der Waals surface area contributed by atoms with Crippen LogP contribution in [0.1, 0.15) is 39.6 Å². The molecular weight excluding hydrogens is 362 g/mol. The average molecular weight is 381 g/mol. The van der Waals surface area contributed by atoms with Gasteiger partial charge in [-0.05, 0) is 31.6 Å². The highest BCUT2D eigenvalue weighted by Crippen LogP contribution is 2.29. The number of primary amides is 1. The molecule has 10 heteroatoms. The molecule has 0 fully saturated rings. The Labute approximate surface area is 154 Å². The molecule has 1 amide bonds. The second-order valence-electron chi connectivity index (χ2n) is 4.97. The summed E-state index contributed by atoms with van der Waals surface area (Å²) in [5.74, 6) is -1.05.